The number of rotatable bonds is 3. The Morgan fingerprint density at radius 2 is 2.00 bits per heavy atom. The minimum Gasteiger partial charge on any atom is -0.416 e. The number of hydrogen-bond acceptors (Lipinski definition) is 4. The normalized spacial score (nSPS) is 25.1. The van der Waals surface area contributed by atoms with Gasteiger partial charge in [0, 0.05) is 36.4 Å². The van der Waals surface area contributed by atoms with Gasteiger partial charge in [0.1, 0.15) is 5.82 Å². The minimum atomic E-state index is -0.285. The van der Waals surface area contributed by atoms with Crippen molar-refractivity contribution in [3.8, 4) is 0 Å². The molecule has 1 aliphatic carbocycles. The van der Waals surface area contributed by atoms with Gasteiger partial charge in [0.15, 0.2) is 0 Å². The number of aromatic nitrogens is 1. The Bertz CT molecular complexity index is 777. The molecule has 1 saturated heterocycles. The van der Waals surface area contributed by atoms with Crippen LogP contribution < -0.4 is 5.32 Å². The van der Waals surface area contributed by atoms with Crippen molar-refractivity contribution >= 4 is 22.8 Å². The summed E-state index contributed by atoms with van der Waals surface area (Å²) in [7, 11) is 0. The fraction of sp³-hybridized carbons (Fsp3) is 0.333. The smallest absolute Gasteiger partial charge is 0.414 e. The Balaban J connectivity index is 1.37. The molecule has 2 heterocycles. The minimum absolute atomic E-state index is 0.285. The molecule has 5 nitrogen and oxygen atoms in total. The molecular formula is C18H19N3O2. The van der Waals surface area contributed by atoms with E-state index in [1.54, 1.807) is 11.8 Å². The molecule has 0 spiro atoms. The Hall–Kier alpha value is -2.56. The highest BCUT2D eigenvalue weighted by Crippen LogP contribution is 2.47. The first kappa shape index (κ1) is 14.1. The molecule has 2 aromatic rings. The maximum absolute atomic E-state index is 11.8. The maximum atomic E-state index is 11.8. The fourth-order valence-electron chi connectivity index (χ4n) is 3.42. The van der Waals surface area contributed by atoms with E-state index in [2.05, 4.69) is 29.0 Å². The van der Waals surface area contributed by atoms with Crippen LogP contribution in [-0.4, -0.2) is 35.1 Å². The van der Waals surface area contributed by atoms with E-state index >= 15 is 0 Å². The fourth-order valence-corrected chi connectivity index (χ4v) is 3.42. The number of hydrogen-bond donors (Lipinski definition) is 1. The van der Waals surface area contributed by atoms with E-state index in [-0.39, 0.29) is 6.09 Å². The predicted octanol–water partition coefficient (Wildman–Crippen LogP) is 3.25. The molecule has 1 aromatic carbocycles. The molecule has 23 heavy (non-hydrogen) atoms. The van der Waals surface area contributed by atoms with Gasteiger partial charge < -0.3 is 15.0 Å². The average Bonchev–Trinajstić information content (AvgIpc) is 2.96. The zero-order chi connectivity index (χ0) is 16.0. The zero-order valence-electron chi connectivity index (χ0n) is 13.0. The van der Waals surface area contributed by atoms with Crippen LogP contribution in [0.15, 0.2) is 48.7 Å². The first-order chi connectivity index (χ1) is 11.1. The lowest BCUT2D eigenvalue weighted by molar-refractivity contribution is 0.133. The number of nitrogens with zero attached hydrogens (tertiary/aromatic N) is 2. The van der Waals surface area contributed by atoms with Gasteiger partial charge in [-0.05, 0) is 25.1 Å². The van der Waals surface area contributed by atoms with E-state index in [0.717, 1.165) is 29.8 Å². The molecule has 2 atom stereocenters. The number of carbonyl (C=O) groups is 1. The molecule has 2 unspecified atom stereocenters. The predicted molar refractivity (Wildman–Crippen MR) is 89.0 cm³/mol. The standard InChI is InChI=1S/C18H19N3O2/c1-11(2)23-18(22)21-9-13-14(10-21)17(13)20-16-8-7-12-5-3-4-6-15(12)19-16/h3-8,13-14,17H,1,9-10H2,2H3,(H,19,20). The second kappa shape index (κ2) is 5.26. The molecule has 5 heteroatoms. The molecule has 118 valence electrons. The van der Waals surface area contributed by atoms with Crippen molar-refractivity contribution in [1.29, 1.82) is 0 Å². The third-order valence-corrected chi connectivity index (χ3v) is 4.63. The van der Waals surface area contributed by atoms with Gasteiger partial charge in [-0.15, -0.1) is 0 Å². The summed E-state index contributed by atoms with van der Waals surface area (Å²) < 4.78 is 5.06. The van der Waals surface area contributed by atoms with Crippen LogP contribution in [0.25, 0.3) is 10.9 Å². The Kier molecular flexibility index (Phi) is 3.22. The van der Waals surface area contributed by atoms with Gasteiger partial charge in [-0.25, -0.2) is 9.78 Å². The monoisotopic (exact) mass is 309 g/mol. The van der Waals surface area contributed by atoms with E-state index in [0.29, 0.717) is 23.6 Å². The molecule has 4 rings (SSSR count). The topological polar surface area (TPSA) is 54.5 Å². The molecule has 1 amide bonds. The van der Waals surface area contributed by atoms with Crippen molar-refractivity contribution in [2.24, 2.45) is 11.8 Å². The van der Waals surface area contributed by atoms with E-state index < -0.39 is 0 Å². The van der Waals surface area contributed by atoms with E-state index in [4.69, 9.17) is 4.74 Å². The molecular weight excluding hydrogens is 290 g/mol. The number of anilines is 1. The first-order valence-corrected chi connectivity index (χ1v) is 7.86. The van der Waals surface area contributed by atoms with Crippen molar-refractivity contribution in [1.82, 2.24) is 9.88 Å². The van der Waals surface area contributed by atoms with E-state index in [9.17, 15) is 4.79 Å². The quantitative estimate of drug-likeness (QED) is 0.884. The van der Waals surface area contributed by atoms with Crippen LogP contribution >= 0.6 is 0 Å². The highest BCUT2D eigenvalue weighted by atomic mass is 16.6. The van der Waals surface area contributed by atoms with Gasteiger partial charge in [0.25, 0.3) is 0 Å². The number of ether oxygens (including phenoxy) is 1. The number of pyridine rings is 1. The van der Waals surface area contributed by atoms with Gasteiger partial charge >= 0.3 is 6.09 Å². The summed E-state index contributed by atoms with van der Waals surface area (Å²) >= 11 is 0. The van der Waals surface area contributed by atoms with Crippen LogP contribution in [0.3, 0.4) is 0 Å². The number of piperidine rings is 1. The van der Waals surface area contributed by atoms with Crippen LogP contribution in [0.1, 0.15) is 6.92 Å². The zero-order valence-corrected chi connectivity index (χ0v) is 13.0. The SMILES string of the molecule is C=C(C)OC(=O)N1CC2C(C1)C2Nc1ccc2ccccc2n1. The summed E-state index contributed by atoms with van der Waals surface area (Å²) in [5.41, 5.74) is 0.995. The number of amides is 1. The van der Waals surface area contributed by atoms with Gasteiger partial charge in [-0.1, -0.05) is 24.8 Å². The second-order valence-electron chi connectivity index (χ2n) is 6.36. The Labute approximate surface area is 135 Å². The largest absolute Gasteiger partial charge is 0.416 e. The highest BCUT2D eigenvalue weighted by molar-refractivity contribution is 5.80. The van der Waals surface area contributed by atoms with Crippen LogP contribution in [0.2, 0.25) is 0 Å². The molecule has 0 bridgehead atoms. The van der Waals surface area contributed by atoms with Crippen LogP contribution in [-0.2, 0) is 4.74 Å². The number of fused-ring (bicyclic) bond motifs is 2. The number of allylic oxidation sites excluding steroid dienone is 1. The highest BCUT2D eigenvalue weighted by Gasteiger charge is 2.57. The number of likely N-dealkylation sites (tertiary alicyclic amines) is 1. The molecule has 2 aliphatic rings. The van der Waals surface area contributed by atoms with Gasteiger partial charge in [-0.2, -0.15) is 0 Å². The van der Waals surface area contributed by atoms with Crippen LogP contribution in [0, 0.1) is 11.8 Å². The molecule has 0 radical (unpaired) electrons. The van der Waals surface area contributed by atoms with Gasteiger partial charge in [0.05, 0.1) is 11.3 Å². The van der Waals surface area contributed by atoms with Crippen molar-refractivity contribution in [3.05, 3.63) is 48.7 Å². The van der Waals surface area contributed by atoms with Crippen molar-refractivity contribution in [3.63, 3.8) is 0 Å². The number of carbonyl (C=O) groups excluding carboxylic acids is 1. The van der Waals surface area contributed by atoms with Gasteiger partial charge in [0.2, 0.25) is 0 Å². The van der Waals surface area contributed by atoms with Crippen molar-refractivity contribution in [2.75, 3.05) is 18.4 Å². The number of para-hydroxylation sites is 1. The average molecular weight is 309 g/mol. The third-order valence-electron chi connectivity index (χ3n) is 4.63. The van der Waals surface area contributed by atoms with E-state index in [1.165, 1.54) is 0 Å². The summed E-state index contributed by atoms with van der Waals surface area (Å²) in [4.78, 5) is 18.3. The Morgan fingerprint density at radius 3 is 2.74 bits per heavy atom. The maximum Gasteiger partial charge on any atom is 0.414 e. The van der Waals surface area contributed by atoms with Crippen molar-refractivity contribution < 1.29 is 9.53 Å². The molecule has 1 aliphatic heterocycles. The summed E-state index contributed by atoms with van der Waals surface area (Å²) in [5.74, 6) is 2.31. The number of benzene rings is 1. The van der Waals surface area contributed by atoms with Crippen LogP contribution in [0.4, 0.5) is 10.6 Å². The number of nitrogens with one attached hydrogen (secondary N) is 1. The lowest BCUT2D eigenvalue weighted by atomic mass is 10.2. The second-order valence-corrected chi connectivity index (χ2v) is 6.36. The molecule has 1 N–H and O–H groups in total. The Morgan fingerprint density at radius 1 is 1.26 bits per heavy atom. The van der Waals surface area contributed by atoms with E-state index in [1.807, 2.05) is 24.3 Å². The van der Waals surface area contributed by atoms with Crippen molar-refractivity contribution in [2.45, 2.75) is 13.0 Å². The molecule has 1 aromatic heterocycles. The van der Waals surface area contributed by atoms with Crippen LogP contribution in [0.5, 0.6) is 0 Å². The third kappa shape index (κ3) is 2.63. The lowest BCUT2D eigenvalue weighted by Crippen LogP contribution is -2.33. The molecule has 2 fully saturated rings. The summed E-state index contributed by atoms with van der Waals surface area (Å²) in [6, 6.07) is 12.6. The molecule has 1 saturated carbocycles. The summed E-state index contributed by atoms with van der Waals surface area (Å²) in [6.45, 7) is 6.76. The summed E-state index contributed by atoms with van der Waals surface area (Å²) in [5, 5.41) is 4.64. The summed E-state index contributed by atoms with van der Waals surface area (Å²) in [6.07, 6.45) is -0.285. The lowest BCUT2D eigenvalue weighted by Gasteiger charge is -2.19. The first-order valence-electron chi connectivity index (χ1n) is 7.86. The van der Waals surface area contributed by atoms with Gasteiger partial charge in [-0.3, -0.25) is 0 Å².